The van der Waals surface area contributed by atoms with Gasteiger partial charge in [-0.25, -0.2) is 0 Å². The Morgan fingerprint density at radius 3 is 2.50 bits per heavy atom. The van der Waals surface area contributed by atoms with Gasteiger partial charge in [0.2, 0.25) is 0 Å². The quantitative estimate of drug-likeness (QED) is 0.775. The van der Waals surface area contributed by atoms with Crippen LogP contribution in [0.1, 0.15) is 33.0 Å². The number of nitrogens with two attached hydrogens (primary N) is 1. The third kappa shape index (κ3) is 5.03. The van der Waals surface area contributed by atoms with Crippen LogP contribution in [0.2, 0.25) is 0 Å². The van der Waals surface area contributed by atoms with E-state index in [1.807, 2.05) is 6.07 Å². The van der Waals surface area contributed by atoms with Gasteiger partial charge in [0.25, 0.3) is 0 Å². The highest BCUT2D eigenvalue weighted by molar-refractivity contribution is 9.13. The molecule has 5 heteroatoms. The van der Waals surface area contributed by atoms with Crippen molar-refractivity contribution >= 4 is 31.9 Å². The normalized spacial score (nSPS) is 12.4. The van der Waals surface area contributed by atoms with E-state index in [1.54, 1.807) is 0 Å². The first-order valence-electron chi connectivity index (χ1n) is 6.24. The number of hydrogen-bond acceptors (Lipinski definition) is 3. The molecule has 0 saturated heterocycles. The maximum Gasteiger partial charge on any atom is 0.183 e. The minimum atomic E-state index is 0.135. The molecule has 0 amide bonds. The van der Waals surface area contributed by atoms with Gasteiger partial charge in [-0.3, -0.25) is 4.90 Å². The summed E-state index contributed by atoms with van der Waals surface area (Å²) in [6, 6.07) is 2.02. The van der Waals surface area contributed by atoms with E-state index in [9.17, 15) is 0 Å². The molecular formula is C13H22Br2N2O. The molecule has 1 heterocycles. The minimum Gasteiger partial charge on any atom is -0.452 e. The van der Waals surface area contributed by atoms with Crippen molar-refractivity contribution in [1.82, 2.24) is 4.90 Å². The fourth-order valence-electron chi connectivity index (χ4n) is 1.89. The van der Waals surface area contributed by atoms with Crippen LogP contribution in [-0.4, -0.2) is 24.5 Å². The lowest BCUT2D eigenvalue weighted by molar-refractivity contribution is 0.165. The van der Waals surface area contributed by atoms with Crippen LogP contribution in [-0.2, 0) is 6.54 Å². The first-order valence-corrected chi connectivity index (χ1v) is 7.82. The molecule has 104 valence electrons. The molecule has 1 aromatic rings. The third-order valence-electron chi connectivity index (χ3n) is 2.82. The molecule has 0 saturated carbocycles. The second-order valence-electron chi connectivity index (χ2n) is 5.41. The summed E-state index contributed by atoms with van der Waals surface area (Å²) in [5.74, 6) is 0.968. The van der Waals surface area contributed by atoms with Gasteiger partial charge in [-0.15, -0.1) is 0 Å². The van der Waals surface area contributed by atoms with E-state index >= 15 is 0 Å². The van der Waals surface area contributed by atoms with Crippen LogP contribution >= 0.6 is 31.9 Å². The lowest BCUT2D eigenvalue weighted by Gasteiger charge is -2.31. The zero-order valence-corrected chi connectivity index (χ0v) is 14.5. The topological polar surface area (TPSA) is 42.4 Å². The Balaban J connectivity index is 2.68. The second-order valence-corrected chi connectivity index (χ2v) is 6.99. The van der Waals surface area contributed by atoms with E-state index < -0.39 is 0 Å². The second kappa shape index (κ2) is 7.08. The average Bonchev–Trinajstić information content (AvgIpc) is 2.58. The van der Waals surface area contributed by atoms with Crippen LogP contribution in [0.3, 0.4) is 0 Å². The van der Waals surface area contributed by atoms with Crippen molar-refractivity contribution < 1.29 is 4.42 Å². The van der Waals surface area contributed by atoms with Crippen LogP contribution in [0, 0.1) is 5.41 Å². The average molecular weight is 382 g/mol. The molecule has 2 N–H and O–H groups in total. The molecule has 0 atom stereocenters. The first-order chi connectivity index (χ1) is 8.38. The summed E-state index contributed by atoms with van der Waals surface area (Å²) >= 11 is 6.81. The van der Waals surface area contributed by atoms with Crippen molar-refractivity contribution in [2.45, 2.75) is 33.7 Å². The zero-order valence-electron chi connectivity index (χ0n) is 11.3. The number of halogens is 2. The highest BCUT2D eigenvalue weighted by atomic mass is 79.9. The highest BCUT2D eigenvalue weighted by Gasteiger charge is 2.21. The molecule has 0 aliphatic heterocycles. The number of hydrogen-bond donors (Lipinski definition) is 1. The molecule has 1 aromatic heterocycles. The third-order valence-corrected chi connectivity index (χ3v) is 4.53. The summed E-state index contributed by atoms with van der Waals surface area (Å²) in [6.45, 7) is 10.1. The monoisotopic (exact) mass is 380 g/mol. The van der Waals surface area contributed by atoms with Gasteiger partial charge < -0.3 is 10.2 Å². The first kappa shape index (κ1) is 16.2. The molecule has 3 nitrogen and oxygen atoms in total. The Bertz CT molecular complexity index is 358. The summed E-state index contributed by atoms with van der Waals surface area (Å²) in [5.41, 5.74) is 5.94. The molecule has 0 aromatic carbocycles. The van der Waals surface area contributed by atoms with Crippen molar-refractivity contribution in [2.24, 2.45) is 11.1 Å². The van der Waals surface area contributed by atoms with Crippen molar-refractivity contribution in [2.75, 3.05) is 19.6 Å². The SMILES string of the molecule is CCCN(Cc1cc(Br)c(Br)o1)CC(C)(C)CN. The highest BCUT2D eigenvalue weighted by Crippen LogP contribution is 2.28. The maximum absolute atomic E-state index is 5.81. The Kier molecular flexibility index (Phi) is 6.38. The number of nitrogens with zero attached hydrogens (tertiary/aromatic N) is 1. The van der Waals surface area contributed by atoms with Crippen LogP contribution < -0.4 is 5.73 Å². The molecule has 1 rings (SSSR count). The Morgan fingerprint density at radius 2 is 2.06 bits per heavy atom. The summed E-state index contributed by atoms with van der Waals surface area (Å²) in [7, 11) is 0. The van der Waals surface area contributed by atoms with Crippen molar-refractivity contribution in [1.29, 1.82) is 0 Å². The van der Waals surface area contributed by atoms with Gasteiger partial charge in [-0.1, -0.05) is 20.8 Å². The number of furan rings is 1. The summed E-state index contributed by atoms with van der Waals surface area (Å²) in [5, 5.41) is 0. The molecule has 0 unspecified atom stereocenters. The molecule has 0 bridgehead atoms. The maximum atomic E-state index is 5.81. The zero-order chi connectivity index (χ0) is 13.8. The van der Waals surface area contributed by atoms with Gasteiger partial charge >= 0.3 is 0 Å². The van der Waals surface area contributed by atoms with Crippen LogP contribution in [0.15, 0.2) is 19.6 Å². The number of rotatable bonds is 7. The van der Waals surface area contributed by atoms with E-state index in [4.69, 9.17) is 10.2 Å². The van der Waals surface area contributed by atoms with Crippen LogP contribution in [0.4, 0.5) is 0 Å². The predicted molar refractivity (Wildman–Crippen MR) is 82.5 cm³/mol. The van der Waals surface area contributed by atoms with E-state index in [0.29, 0.717) is 6.54 Å². The predicted octanol–water partition coefficient (Wildman–Crippen LogP) is 4.00. The summed E-state index contributed by atoms with van der Waals surface area (Å²) in [4.78, 5) is 2.39. The summed E-state index contributed by atoms with van der Waals surface area (Å²) < 4.78 is 7.36. The molecule has 18 heavy (non-hydrogen) atoms. The largest absolute Gasteiger partial charge is 0.452 e. The minimum absolute atomic E-state index is 0.135. The Labute approximate surface area is 126 Å². The van der Waals surface area contributed by atoms with E-state index in [-0.39, 0.29) is 5.41 Å². The Hall–Kier alpha value is 0.160. The lowest BCUT2D eigenvalue weighted by atomic mass is 9.93. The van der Waals surface area contributed by atoms with Gasteiger partial charge in [-0.2, -0.15) is 0 Å². The van der Waals surface area contributed by atoms with Gasteiger partial charge in [0.1, 0.15) is 5.76 Å². The van der Waals surface area contributed by atoms with Crippen molar-refractivity contribution in [3.05, 3.63) is 21.0 Å². The van der Waals surface area contributed by atoms with Crippen molar-refractivity contribution in [3.8, 4) is 0 Å². The molecule has 0 spiro atoms. The smallest absolute Gasteiger partial charge is 0.183 e. The molecular weight excluding hydrogens is 360 g/mol. The molecule has 0 fully saturated rings. The molecule has 0 radical (unpaired) electrons. The van der Waals surface area contributed by atoms with Crippen LogP contribution in [0.5, 0.6) is 0 Å². The summed E-state index contributed by atoms with van der Waals surface area (Å²) in [6.07, 6.45) is 1.13. The van der Waals surface area contributed by atoms with Gasteiger partial charge in [0.05, 0.1) is 11.0 Å². The molecule has 0 aliphatic rings. The lowest BCUT2D eigenvalue weighted by Crippen LogP contribution is -2.38. The fourth-order valence-corrected chi connectivity index (χ4v) is 2.55. The standard InChI is InChI=1S/C13H22Br2N2O/c1-4-5-17(9-13(2,3)8-16)7-10-6-11(14)12(15)18-10/h6H,4-5,7-9,16H2,1-3H3. The Morgan fingerprint density at radius 1 is 1.39 bits per heavy atom. The molecule has 0 aliphatic carbocycles. The van der Waals surface area contributed by atoms with Crippen molar-refractivity contribution in [3.63, 3.8) is 0 Å². The van der Waals surface area contributed by atoms with E-state index in [0.717, 1.165) is 41.0 Å². The fraction of sp³-hybridized carbons (Fsp3) is 0.692. The van der Waals surface area contributed by atoms with E-state index in [1.165, 1.54) is 0 Å². The van der Waals surface area contributed by atoms with Gasteiger partial charge in [0.15, 0.2) is 4.67 Å². The van der Waals surface area contributed by atoms with Gasteiger partial charge in [0, 0.05) is 6.54 Å². The van der Waals surface area contributed by atoms with Crippen LogP contribution in [0.25, 0.3) is 0 Å². The van der Waals surface area contributed by atoms with Gasteiger partial charge in [-0.05, 0) is 62.9 Å². The van der Waals surface area contributed by atoms with E-state index in [2.05, 4.69) is 57.5 Å².